The predicted molar refractivity (Wildman–Crippen MR) is 84.4 cm³/mol. The Morgan fingerprint density at radius 1 is 1.50 bits per heavy atom. The van der Waals surface area contributed by atoms with Gasteiger partial charge in [-0.2, -0.15) is 0 Å². The van der Waals surface area contributed by atoms with Crippen LogP contribution in [0.15, 0.2) is 47.7 Å². The number of ether oxygens (including phenoxy) is 2. The molecule has 2 aliphatic heterocycles. The van der Waals surface area contributed by atoms with Crippen LogP contribution in [0.25, 0.3) is 0 Å². The SMILES string of the molecule is C/C=C/COC(=O)C1=C(C)N[C@@]2(C)C[C@@H]1c1ccccc1O2. The Bertz CT molecular complexity index is 662. The lowest BCUT2D eigenvalue weighted by molar-refractivity contribution is -0.138. The van der Waals surface area contributed by atoms with Gasteiger partial charge in [-0.1, -0.05) is 30.4 Å². The summed E-state index contributed by atoms with van der Waals surface area (Å²) in [5, 5.41) is 3.32. The van der Waals surface area contributed by atoms with Gasteiger partial charge in [0.1, 0.15) is 12.4 Å². The molecule has 1 N–H and O–H groups in total. The minimum Gasteiger partial charge on any atom is -0.468 e. The van der Waals surface area contributed by atoms with E-state index in [9.17, 15) is 4.79 Å². The van der Waals surface area contributed by atoms with Gasteiger partial charge in [0, 0.05) is 23.6 Å². The topological polar surface area (TPSA) is 47.6 Å². The number of carbonyl (C=O) groups excluding carboxylic acids is 1. The van der Waals surface area contributed by atoms with E-state index in [1.807, 2.05) is 57.2 Å². The van der Waals surface area contributed by atoms with Crippen molar-refractivity contribution in [3.63, 3.8) is 0 Å². The molecule has 0 saturated heterocycles. The van der Waals surface area contributed by atoms with Gasteiger partial charge in [-0.3, -0.25) is 0 Å². The molecule has 0 aliphatic carbocycles. The minimum absolute atomic E-state index is 0.00862. The smallest absolute Gasteiger partial charge is 0.336 e. The number of fused-ring (bicyclic) bond motifs is 4. The number of hydrogen-bond acceptors (Lipinski definition) is 4. The first-order chi connectivity index (χ1) is 10.5. The molecule has 0 unspecified atom stereocenters. The highest BCUT2D eigenvalue weighted by Gasteiger charge is 2.45. The number of benzene rings is 1. The van der Waals surface area contributed by atoms with E-state index in [1.54, 1.807) is 0 Å². The van der Waals surface area contributed by atoms with Gasteiger partial charge in [0.25, 0.3) is 0 Å². The van der Waals surface area contributed by atoms with Gasteiger partial charge in [-0.15, -0.1) is 0 Å². The zero-order valence-corrected chi connectivity index (χ0v) is 13.2. The van der Waals surface area contributed by atoms with Crippen molar-refractivity contribution < 1.29 is 14.3 Å². The molecule has 0 saturated carbocycles. The molecule has 0 fully saturated rings. The summed E-state index contributed by atoms with van der Waals surface area (Å²) in [6.07, 6.45) is 4.41. The lowest BCUT2D eigenvalue weighted by atomic mass is 9.78. The summed E-state index contributed by atoms with van der Waals surface area (Å²) in [5.41, 5.74) is 2.12. The zero-order valence-electron chi connectivity index (χ0n) is 13.2. The van der Waals surface area contributed by atoms with E-state index in [0.29, 0.717) is 12.2 Å². The molecule has 1 aromatic rings. The van der Waals surface area contributed by atoms with Crippen LogP contribution in [0.5, 0.6) is 5.75 Å². The average molecular weight is 299 g/mol. The number of esters is 1. The van der Waals surface area contributed by atoms with Crippen LogP contribution in [0.3, 0.4) is 0 Å². The molecule has 2 atom stereocenters. The van der Waals surface area contributed by atoms with Gasteiger partial charge >= 0.3 is 5.97 Å². The molecule has 0 spiro atoms. The Balaban J connectivity index is 1.98. The molecule has 1 aromatic carbocycles. The lowest BCUT2D eigenvalue weighted by Gasteiger charge is -2.45. The van der Waals surface area contributed by atoms with Crippen molar-refractivity contribution in [2.24, 2.45) is 0 Å². The summed E-state index contributed by atoms with van der Waals surface area (Å²) in [7, 11) is 0. The molecular formula is C18H21NO3. The molecule has 22 heavy (non-hydrogen) atoms. The van der Waals surface area contributed by atoms with Gasteiger partial charge in [0.15, 0.2) is 5.72 Å². The van der Waals surface area contributed by atoms with Crippen LogP contribution in [0.1, 0.15) is 38.7 Å². The highest BCUT2D eigenvalue weighted by molar-refractivity contribution is 5.91. The second kappa shape index (κ2) is 5.52. The largest absolute Gasteiger partial charge is 0.468 e. The summed E-state index contributed by atoms with van der Waals surface area (Å²) in [5.74, 6) is 0.584. The maximum atomic E-state index is 12.5. The molecule has 2 aliphatic rings. The molecular weight excluding hydrogens is 278 g/mol. The molecule has 3 rings (SSSR count). The van der Waals surface area contributed by atoms with E-state index < -0.39 is 5.72 Å². The molecule has 2 bridgehead atoms. The Kier molecular flexibility index (Phi) is 3.69. The molecule has 0 radical (unpaired) electrons. The van der Waals surface area contributed by atoms with E-state index in [-0.39, 0.29) is 11.9 Å². The van der Waals surface area contributed by atoms with Gasteiger partial charge < -0.3 is 14.8 Å². The third kappa shape index (κ3) is 2.49. The second-order valence-electron chi connectivity index (χ2n) is 5.96. The van der Waals surface area contributed by atoms with Crippen molar-refractivity contribution in [3.05, 3.63) is 53.3 Å². The number of carbonyl (C=O) groups is 1. The van der Waals surface area contributed by atoms with E-state index in [4.69, 9.17) is 9.47 Å². The quantitative estimate of drug-likeness (QED) is 0.687. The van der Waals surface area contributed by atoms with Crippen molar-refractivity contribution >= 4 is 5.97 Å². The Hall–Kier alpha value is -2.23. The van der Waals surface area contributed by atoms with Crippen LogP contribution >= 0.6 is 0 Å². The van der Waals surface area contributed by atoms with Crippen LogP contribution in [-0.4, -0.2) is 18.3 Å². The van der Waals surface area contributed by atoms with Crippen molar-refractivity contribution in [2.75, 3.05) is 6.61 Å². The Labute approximate surface area is 130 Å². The number of rotatable bonds is 3. The van der Waals surface area contributed by atoms with Gasteiger partial charge in [0.05, 0.1) is 5.57 Å². The molecule has 0 amide bonds. The molecule has 0 aromatic heterocycles. The summed E-state index contributed by atoms with van der Waals surface area (Å²) in [4.78, 5) is 12.5. The Morgan fingerprint density at radius 3 is 3.05 bits per heavy atom. The molecule has 4 nitrogen and oxygen atoms in total. The van der Waals surface area contributed by atoms with Crippen LogP contribution in [-0.2, 0) is 9.53 Å². The van der Waals surface area contributed by atoms with Crippen molar-refractivity contribution in [2.45, 2.75) is 38.8 Å². The van der Waals surface area contributed by atoms with E-state index in [2.05, 4.69) is 5.32 Å². The first-order valence-electron chi connectivity index (χ1n) is 7.59. The van der Waals surface area contributed by atoms with Gasteiger partial charge in [-0.25, -0.2) is 4.79 Å². The molecule has 2 heterocycles. The monoisotopic (exact) mass is 299 g/mol. The van der Waals surface area contributed by atoms with Gasteiger partial charge in [0.2, 0.25) is 0 Å². The standard InChI is InChI=1S/C18H21NO3/c1-4-5-10-21-17(20)16-12(2)19-18(3)11-14(16)13-8-6-7-9-15(13)22-18/h4-9,14,19H,10-11H2,1-3H3/b5-4+/t14-,18-/m1/s1. The first-order valence-corrected chi connectivity index (χ1v) is 7.59. The third-order valence-corrected chi connectivity index (χ3v) is 4.19. The van der Waals surface area contributed by atoms with Crippen molar-refractivity contribution in [1.82, 2.24) is 5.32 Å². The summed E-state index contributed by atoms with van der Waals surface area (Å²) < 4.78 is 11.4. The fraction of sp³-hybridized carbons (Fsp3) is 0.389. The van der Waals surface area contributed by atoms with Crippen LogP contribution < -0.4 is 10.1 Å². The highest BCUT2D eigenvalue weighted by Crippen LogP contribution is 2.47. The number of allylic oxidation sites excluding steroid dienone is 2. The third-order valence-electron chi connectivity index (χ3n) is 4.19. The Morgan fingerprint density at radius 2 is 2.27 bits per heavy atom. The average Bonchev–Trinajstić information content (AvgIpc) is 2.46. The lowest BCUT2D eigenvalue weighted by Crippen LogP contribution is -2.54. The van der Waals surface area contributed by atoms with E-state index in [0.717, 1.165) is 23.4 Å². The molecule has 116 valence electrons. The first kappa shape index (κ1) is 14.7. The van der Waals surface area contributed by atoms with E-state index >= 15 is 0 Å². The maximum Gasteiger partial charge on any atom is 0.336 e. The van der Waals surface area contributed by atoms with Crippen molar-refractivity contribution in [3.8, 4) is 5.75 Å². The number of para-hydroxylation sites is 1. The maximum absolute atomic E-state index is 12.5. The summed E-state index contributed by atoms with van der Waals surface area (Å²) >= 11 is 0. The fourth-order valence-electron chi connectivity index (χ4n) is 3.30. The highest BCUT2D eigenvalue weighted by atomic mass is 16.5. The fourth-order valence-corrected chi connectivity index (χ4v) is 3.30. The summed E-state index contributed by atoms with van der Waals surface area (Å²) in [6.45, 7) is 6.13. The zero-order chi connectivity index (χ0) is 15.7. The van der Waals surface area contributed by atoms with Gasteiger partial charge in [-0.05, 0) is 26.8 Å². The normalized spacial score (nSPS) is 26.2. The minimum atomic E-state index is -0.476. The van der Waals surface area contributed by atoms with E-state index in [1.165, 1.54) is 0 Å². The van der Waals surface area contributed by atoms with Crippen LogP contribution in [0, 0.1) is 0 Å². The number of nitrogens with one attached hydrogen (secondary N) is 1. The number of hydrogen-bond donors (Lipinski definition) is 1. The molecule has 4 heteroatoms. The predicted octanol–water partition coefficient (Wildman–Crippen LogP) is 3.27. The second-order valence-corrected chi connectivity index (χ2v) is 5.96. The van der Waals surface area contributed by atoms with Crippen LogP contribution in [0.4, 0.5) is 0 Å². The summed E-state index contributed by atoms with van der Waals surface area (Å²) in [6, 6.07) is 7.90. The van der Waals surface area contributed by atoms with Crippen molar-refractivity contribution in [1.29, 1.82) is 0 Å². The van der Waals surface area contributed by atoms with Crippen LogP contribution in [0.2, 0.25) is 0 Å².